The lowest BCUT2D eigenvalue weighted by atomic mass is 9.74. The first-order valence-corrected chi connectivity index (χ1v) is 45.1. The number of fused-ring (bicyclic) bond motifs is 6. The Morgan fingerprint density at radius 2 is 0.366 bits per heavy atom. The summed E-state index contributed by atoms with van der Waals surface area (Å²) < 4.78 is 119. The molecule has 0 amide bonds. The fraction of sp³-hybridized carbons (Fsp3) is 0.600. The summed E-state index contributed by atoms with van der Waals surface area (Å²) in [6, 6.07) is 22.3. The summed E-state index contributed by atoms with van der Waals surface area (Å²) in [5.41, 5.74) is -0.691. The second-order valence-electron chi connectivity index (χ2n) is 43.8. The van der Waals surface area contributed by atoms with E-state index in [2.05, 4.69) is 0 Å². The van der Waals surface area contributed by atoms with Crippen LogP contribution < -0.4 is 27.1 Å². The third-order valence-electron chi connectivity index (χ3n) is 21.5. The van der Waals surface area contributed by atoms with Crippen LogP contribution in [-0.4, -0.2) is 64.7 Å². The first kappa shape index (κ1) is 90.9. The van der Waals surface area contributed by atoms with Gasteiger partial charge in [-0.2, -0.15) is 0 Å². The van der Waals surface area contributed by atoms with Crippen LogP contribution in [0.2, 0.25) is 0 Å². The molecule has 3 aliphatic rings. The Labute approximate surface area is 675 Å². The highest BCUT2D eigenvalue weighted by Gasteiger charge is 2.61. The Kier molecular flexibility index (Phi) is 23.9. The van der Waals surface area contributed by atoms with E-state index in [0.29, 0.717) is 33.4 Å². The van der Waals surface area contributed by atoms with Crippen LogP contribution in [0.3, 0.4) is 0 Å². The molecular weight excluding hydrogens is 1490 g/mol. The van der Waals surface area contributed by atoms with Crippen molar-refractivity contribution in [2.45, 2.75) is 351 Å². The molecule has 22 heteroatoms. The predicted octanol–water partition coefficient (Wildman–Crippen LogP) is 22.7. The van der Waals surface area contributed by atoms with E-state index < -0.39 is 140 Å². The van der Waals surface area contributed by atoms with Gasteiger partial charge >= 0.3 is 38.6 Å². The Balaban J connectivity index is 1.51. The predicted molar refractivity (Wildman–Crippen MR) is 449 cm³/mol. The molecule has 0 fully saturated rings. The maximum atomic E-state index is 18.0. The Hall–Kier alpha value is -5.02. The molecule has 6 aromatic rings. The summed E-state index contributed by atoms with van der Waals surface area (Å²) >= 11 is -5.46. The number of hydrogen-bond acceptors (Lipinski definition) is 18. The topological polar surface area (TPSA) is 256 Å². The molecule has 3 heterocycles. The van der Waals surface area contributed by atoms with Gasteiger partial charge < -0.3 is 68.5 Å². The second-order valence-corrected chi connectivity index (χ2v) is 50.7. The molecule has 112 heavy (non-hydrogen) atoms. The van der Waals surface area contributed by atoms with Crippen LogP contribution in [0.4, 0.5) is 0 Å². The van der Waals surface area contributed by atoms with Gasteiger partial charge in [-0.1, -0.05) is 322 Å². The maximum absolute atomic E-state index is 18.0. The third-order valence-corrected chi connectivity index (χ3v) is 29.1. The van der Waals surface area contributed by atoms with Crippen molar-refractivity contribution >= 4 is 38.6 Å². The van der Waals surface area contributed by atoms with E-state index in [4.69, 9.17) is 37.9 Å². The molecule has 3 aliphatic heterocycles. The maximum Gasteiger partial charge on any atom is 0.936 e. The van der Waals surface area contributed by atoms with Crippen LogP contribution >= 0.6 is 23.5 Å². The summed E-state index contributed by atoms with van der Waals surface area (Å²) in [5.74, 6) is -4.91. The van der Waals surface area contributed by atoms with Gasteiger partial charge in [-0.25, -0.2) is 13.7 Å². The molecule has 6 N–H and O–H groups in total. The van der Waals surface area contributed by atoms with Crippen molar-refractivity contribution in [2.75, 3.05) is 0 Å². The van der Waals surface area contributed by atoms with Gasteiger partial charge in [0.05, 0.1) is 17.8 Å². The van der Waals surface area contributed by atoms with Crippen LogP contribution in [0.25, 0.3) is 0 Å². The van der Waals surface area contributed by atoms with Crippen molar-refractivity contribution < 1.29 is 82.2 Å². The molecule has 0 aliphatic carbocycles. The van der Waals surface area contributed by atoms with E-state index in [-0.39, 0.29) is 67.9 Å². The Morgan fingerprint density at radius 1 is 0.241 bits per heavy atom. The van der Waals surface area contributed by atoms with Crippen molar-refractivity contribution in [3.05, 3.63) is 173 Å². The van der Waals surface area contributed by atoms with E-state index in [1.165, 1.54) is 0 Å². The highest BCUT2D eigenvalue weighted by atomic mass is 31.2. The van der Waals surface area contributed by atoms with E-state index in [0.717, 1.165) is 33.4 Å². The quantitative estimate of drug-likeness (QED) is 0.0447. The smallest absolute Gasteiger partial charge is 0.396 e. The van der Waals surface area contributed by atoms with E-state index in [1.54, 1.807) is 0 Å². The molecule has 9 rings (SSSR count). The van der Waals surface area contributed by atoms with Crippen LogP contribution in [0, 0.1) is 0 Å². The largest absolute Gasteiger partial charge is 0.936 e. The minimum Gasteiger partial charge on any atom is -0.396 e. The van der Waals surface area contributed by atoms with E-state index >= 15 is 13.7 Å². The van der Waals surface area contributed by atoms with Gasteiger partial charge in [0.15, 0.2) is 18.9 Å². The molecular formula is C90H132AlO18P3. The highest BCUT2D eigenvalue weighted by molar-refractivity contribution is 7.54. The summed E-state index contributed by atoms with van der Waals surface area (Å²) in [6.07, 6.45) is -6.46. The first-order valence-electron chi connectivity index (χ1n) is 39.3. The zero-order chi connectivity index (χ0) is 85.2. The number of phosphoric ester groups is 3. The van der Waals surface area contributed by atoms with Gasteiger partial charge in [0, 0.05) is 66.8 Å². The number of benzene rings is 6. The van der Waals surface area contributed by atoms with Crippen LogP contribution in [0.1, 0.15) is 367 Å². The van der Waals surface area contributed by atoms with Crippen molar-refractivity contribution in [1.29, 1.82) is 0 Å². The molecule has 0 radical (unpaired) electrons. The van der Waals surface area contributed by atoms with Gasteiger partial charge in [0.2, 0.25) is 0 Å². The van der Waals surface area contributed by atoms with Gasteiger partial charge in [0.25, 0.3) is 0 Å². The second kappa shape index (κ2) is 29.5. The zero-order valence-corrected chi connectivity index (χ0v) is 77.7. The first-order chi connectivity index (χ1) is 50.1. The normalized spacial score (nSPS) is 21.1. The van der Waals surface area contributed by atoms with Gasteiger partial charge in [-0.05, 0) is 98.4 Å². The average molecular weight is 1620 g/mol. The van der Waals surface area contributed by atoms with Crippen LogP contribution in [-0.2, 0) is 89.4 Å². The minimum atomic E-state index is -5.80. The molecule has 0 saturated heterocycles. The zero-order valence-electron chi connectivity index (χ0n) is 73.9. The Morgan fingerprint density at radius 3 is 0.464 bits per heavy atom. The lowest BCUT2D eigenvalue weighted by molar-refractivity contribution is -0.0526. The number of hydrogen-bond donors (Lipinski definition) is 6. The molecule has 0 aromatic heterocycles. The van der Waals surface area contributed by atoms with Gasteiger partial charge in [-0.3, -0.25) is 0 Å². The summed E-state index contributed by atoms with van der Waals surface area (Å²) in [4.78, 5) is 0. The number of phosphoric acid groups is 3. The molecule has 0 bridgehead atoms. The van der Waals surface area contributed by atoms with Crippen molar-refractivity contribution in [1.82, 2.24) is 0 Å². The molecule has 0 unspecified atom stereocenters. The molecule has 618 valence electrons. The number of aliphatic hydroxyl groups excluding tert-OH is 3. The lowest BCUT2D eigenvalue weighted by Crippen LogP contribution is -2.34. The Bertz CT molecular complexity index is 4010. The van der Waals surface area contributed by atoms with Crippen LogP contribution in [0.15, 0.2) is 72.8 Å². The van der Waals surface area contributed by atoms with Gasteiger partial charge in [-0.15, -0.1) is 0 Å². The molecule has 0 saturated carbocycles. The van der Waals surface area contributed by atoms with E-state index in [1.807, 2.05) is 322 Å². The standard InChI is InChI=1S/3C30H45O6P.Al/c3*1-27(2,3)17-13-19-23(26(31)32)20-14-18(28(4,5)6)16-22(30(10,11)12)25(20)36-37(33,34)35-24(19)21(15-17)29(7,8)9;/h3*13-16,23,26,31-32H,1-12H3,(H,33,34);/q;;;+3/p-3. The lowest BCUT2D eigenvalue weighted by Gasteiger charge is -2.39. The SMILES string of the molecule is CC(C)(C)c1cc2c(c(C(C)(C)C)c1)OP(=O)([O][Al]([O]P1(=O)Oc3c(cc(C(C)(C)C)cc3C(C)(C)C)C(C(O)O)c3cc(C(C)(C)C)cc(C(C)(C)C)c3O1)[O]P1(=O)Oc3c(cc(C(C)(C)C)cc3C(C)(C)C)C(C(O)O)c3cc(C(C)(C)C)cc(C(C)(C)C)c3O1)Oc1c(cc(C(C)(C)C)cc1C(C)(C)C)C2C(O)O. The molecule has 18 nitrogen and oxygen atoms in total. The summed E-state index contributed by atoms with van der Waals surface area (Å²) in [5, 5.41) is 73.5. The molecule has 0 atom stereocenters. The summed E-state index contributed by atoms with van der Waals surface area (Å²) in [7, 11) is -17.4. The van der Waals surface area contributed by atoms with Gasteiger partial charge in [0.1, 0.15) is 34.5 Å². The molecule has 0 spiro atoms. The van der Waals surface area contributed by atoms with E-state index in [9.17, 15) is 30.6 Å². The van der Waals surface area contributed by atoms with Crippen molar-refractivity contribution in [3.8, 4) is 34.5 Å². The average Bonchev–Trinajstić information content (AvgIpc) is 0.731. The fourth-order valence-electron chi connectivity index (χ4n) is 14.5. The number of aliphatic hydroxyl groups is 6. The highest BCUT2D eigenvalue weighted by Crippen LogP contribution is 2.68. The number of rotatable bonds is 9. The minimum absolute atomic E-state index is 0.134. The summed E-state index contributed by atoms with van der Waals surface area (Å²) in [6.45, 7) is 71.2. The fourth-order valence-corrected chi connectivity index (χ4v) is 22.3. The van der Waals surface area contributed by atoms with Crippen LogP contribution in [0.5, 0.6) is 34.5 Å². The van der Waals surface area contributed by atoms with Crippen molar-refractivity contribution in [2.24, 2.45) is 0 Å². The monoisotopic (exact) mass is 1620 g/mol. The van der Waals surface area contributed by atoms with Crippen molar-refractivity contribution in [3.63, 3.8) is 0 Å². The third kappa shape index (κ3) is 19.1. The molecule has 6 aromatic carbocycles.